The Morgan fingerprint density at radius 1 is 0.259 bits per heavy atom. The molecule has 0 amide bonds. The molecule has 0 bridgehead atoms. The number of aliphatic hydroxyl groups excluding tert-OH is 1. The van der Waals surface area contributed by atoms with Crippen LogP contribution in [0, 0.1) is 23.7 Å². The predicted molar refractivity (Wildman–Crippen MR) is 446 cm³/mol. The topological polar surface area (TPSA) is 237 Å². The zero-order chi connectivity index (χ0) is 79.5. The lowest BCUT2D eigenvalue weighted by Crippen LogP contribution is -2.30. The van der Waals surface area contributed by atoms with Crippen molar-refractivity contribution in [2.75, 3.05) is 39.6 Å². The third kappa shape index (κ3) is 80.7. The quantitative estimate of drug-likeness (QED) is 0.0222. The van der Waals surface area contributed by atoms with Crippen molar-refractivity contribution in [3.63, 3.8) is 0 Å². The summed E-state index contributed by atoms with van der Waals surface area (Å²) in [7, 11) is -9.93. The van der Waals surface area contributed by atoms with E-state index in [9.17, 15) is 43.2 Å². The molecule has 0 heterocycles. The number of hydrogen-bond acceptors (Lipinski definition) is 15. The monoisotopic (exact) mass is 1580 g/mol. The Bertz CT molecular complexity index is 2100. The molecule has 4 unspecified atom stereocenters. The molecule has 0 spiro atoms. The van der Waals surface area contributed by atoms with Crippen molar-refractivity contribution in [1.82, 2.24) is 0 Å². The maximum absolute atomic E-state index is 13.2. The molecule has 108 heavy (non-hydrogen) atoms. The van der Waals surface area contributed by atoms with Gasteiger partial charge in [0.15, 0.2) is 12.2 Å². The van der Waals surface area contributed by atoms with Crippen LogP contribution >= 0.6 is 15.6 Å². The Kier molecular flexibility index (Phi) is 76.2. The SMILES string of the molecule is CCC(C)CCCCCCCCCCCCCCCCCCCCC(=O)OC[C@H](COP(=O)(O)OCC(O)COP(=O)(O)OC[C@@H](COC(=O)CCCCCCCCC(C)C)OC(=O)CCCCCCCCCCCCCCCCCC(C)C)OC(=O)CCCCCCCCCCCCCCCCCCC(C)C. The Morgan fingerprint density at radius 3 is 0.657 bits per heavy atom. The van der Waals surface area contributed by atoms with Gasteiger partial charge < -0.3 is 33.8 Å². The largest absolute Gasteiger partial charge is 0.472 e. The zero-order valence-corrected chi connectivity index (χ0v) is 73.3. The predicted octanol–water partition coefficient (Wildman–Crippen LogP) is 27.1. The molecular formula is C89H174O17P2. The summed E-state index contributed by atoms with van der Waals surface area (Å²) >= 11 is 0. The van der Waals surface area contributed by atoms with Crippen LogP contribution in [0.1, 0.15) is 466 Å². The average Bonchev–Trinajstić information content (AvgIpc) is 0.901. The van der Waals surface area contributed by atoms with Gasteiger partial charge in [0, 0.05) is 25.7 Å². The van der Waals surface area contributed by atoms with Gasteiger partial charge in [-0.2, -0.15) is 0 Å². The third-order valence-electron chi connectivity index (χ3n) is 21.2. The first-order valence-electron chi connectivity index (χ1n) is 45.7. The van der Waals surface area contributed by atoms with Crippen LogP contribution in [0.2, 0.25) is 0 Å². The van der Waals surface area contributed by atoms with E-state index in [1.165, 1.54) is 263 Å². The first kappa shape index (κ1) is 106. The van der Waals surface area contributed by atoms with Gasteiger partial charge in [0.05, 0.1) is 26.4 Å². The maximum atomic E-state index is 13.2. The Labute approximate surface area is 664 Å². The van der Waals surface area contributed by atoms with Gasteiger partial charge in [0.2, 0.25) is 0 Å². The van der Waals surface area contributed by atoms with Crippen LogP contribution < -0.4 is 0 Å². The van der Waals surface area contributed by atoms with Crippen molar-refractivity contribution in [2.45, 2.75) is 485 Å². The van der Waals surface area contributed by atoms with Crippen molar-refractivity contribution in [3.05, 3.63) is 0 Å². The van der Waals surface area contributed by atoms with E-state index < -0.39 is 97.5 Å². The number of phosphoric acid groups is 2. The van der Waals surface area contributed by atoms with Gasteiger partial charge in [0.25, 0.3) is 0 Å². The van der Waals surface area contributed by atoms with Gasteiger partial charge in [-0.25, -0.2) is 9.13 Å². The van der Waals surface area contributed by atoms with E-state index in [-0.39, 0.29) is 25.7 Å². The highest BCUT2D eigenvalue weighted by Gasteiger charge is 2.31. The van der Waals surface area contributed by atoms with Crippen LogP contribution in [0.25, 0.3) is 0 Å². The van der Waals surface area contributed by atoms with Crippen molar-refractivity contribution in [1.29, 1.82) is 0 Å². The van der Waals surface area contributed by atoms with Gasteiger partial charge >= 0.3 is 39.5 Å². The lowest BCUT2D eigenvalue weighted by atomic mass is 9.99. The molecule has 0 aliphatic rings. The van der Waals surface area contributed by atoms with Crippen LogP contribution in [0.3, 0.4) is 0 Å². The summed E-state index contributed by atoms with van der Waals surface area (Å²) in [6.07, 6.45) is 68.3. The molecule has 0 saturated heterocycles. The molecule has 0 aliphatic heterocycles. The number of phosphoric ester groups is 2. The molecule has 642 valence electrons. The van der Waals surface area contributed by atoms with E-state index in [1.807, 2.05) is 0 Å². The van der Waals surface area contributed by atoms with Gasteiger partial charge in [-0.1, -0.05) is 415 Å². The number of aliphatic hydroxyl groups is 1. The number of ether oxygens (including phenoxy) is 4. The Balaban J connectivity index is 5.20. The van der Waals surface area contributed by atoms with E-state index in [2.05, 4.69) is 55.4 Å². The van der Waals surface area contributed by atoms with Crippen LogP contribution in [0.5, 0.6) is 0 Å². The summed E-state index contributed by atoms with van der Waals surface area (Å²) in [5.41, 5.74) is 0. The summed E-state index contributed by atoms with van der Waals surface area (Å²) in [4.78, 5) is 73.3. The van der Waals surface area contributed by atoms with Crippen molar-refractivity contribution < 1.29 is 80.2 Å². The molecule has 17 nitrogen and oxygen atoms in total. The summed E-state index contributed by atoms with van der Waals surface area (Å²) in [6.45, 7) is 14.3. The lowest BCUT2D eigenvalue weighted by molar-refractivity contribution is -0.161. The highest BCUT2D eigenvalue weighted by molar-refractivity contribution is 7.47. The molecule has 0 aliphatic carbocycles. The van der Waals surface area contributed by atoms with Gasteiger partial charge in [-0.05, 0) is 49.4 Å². The van der Waals surface area contributed by atoms with E-state index >= 15 is 0 Å². The van der Waals surface area contributed by atoms with Crippen LogP contribution in [0.15, 0.2) is 0 Å². The molecule has 19 heteroatoms. The number of rotatable bonds is 86. The smallest absolute Gasteiger partial charge is 0.462 e. The third-order valence-corrected chi connectivity index (χ3v) is 23.1. The van der Waals surface area contributed by atoms with Crippen molar-refractivity contribution in [2.24, 2.45) is 23.7 Å². The molecule has 0 aromatic rings. The summed E-state index contributed by atoms with van der Waals surface area (Å²) in [6, 6.07) is 0. The molecule has 0 aromatic heterocycles. The highest BCUT2D eigenvalue weighted by Crippen LogP contribution is 2.45. The maximum Gasteiger partial charge on any atom is 0.472 e. The minimum Gasteiger partial charge on any atom is -0.462 e. The number of unbranched alkanes of at least 4 members (excludes halogenated alkanes) is 51. The van der Waals surface area contributed by atoms with Crippen molar-refractivity contribution >= 4 is 39.5 Å². The first-order chi connectivity index (χ1) is 52.1. The van der Waals surface area contributed by atoms with E-state index in [0.29, 0.717) is 31.6 Å². The normalized spacial score (nSPS) is 14.1. The lowest BCUT2D eigenvalue weighted by Gasteiger charge is -2.21. The fourth-order valence-corrected chi connectivity index (χ4v) is 15.4. The zero-order valence-electron chi connectivity index (χ0n) is 71.5. The van der Waals surface area contributed by atoms with Crippen molar-refractivity contribution in [3.8, 4) is 0 Å². The number of carbonyl (C=O) groups excluding carboxylic acids is 4. The molecule has 0 rings (SSSR count). The highest BCUT2D eigenvalue weighted by atomic mass is 31.2. The fourth-order valence-electron chi connectivity index (χ4n) is 13.8. The second-order valence-corrected chi connectivity index (χ2v) is 36.6. The fraction of sp³-hybridized carbons (Fsp3) is 0.955. The molecule has 6 atom stereocenters. The Hall–Kier alpha value is -1.94. The van der Waals surface area contributed by atoms with Gasteiger partial charge in [0.1, 0.15) is 19.3 Å². The number of esters is 4. The molecule has 0 fully saturated rings. The average molecular weight is 1580 g/mol. The van der Waals surface area contributed by atoms with Crippen LogP contribution in [0.4, 0.5) is 0 Å². The second-order valence-electron chi connectivity index (χ2n) is 33.7. The standard InChI is InChI=1S/C89H174O17P2/c1-9-82(8)68-60-52-43-37-31-25-19-12-10-11-13-20-26-32-38-44-53-61-69-86(91)99-75-84(105-88(93)71-63-55-45-39-33-27-21-15-14-17-23-29-35-41-49-57-65-79(2)3)77-103-107(95,96)101-73-83(90)74-102-108(97,98)104-78-85(76-100-87(92)70-62-54-48-47-51-59-67-81(6)7)106-89(94)72-64-56-46-40-34-28-22-16-18-24-30-36-42-50-58-66-80(4)5/h79-85,90H,9-78H2,1-8H3,(H,95,96)(H,97,98)/t82?,83?,84-,85-/m1/s1. The molecule has 3 N–H and O–H groups in total. The molecule has 0 radical (unpaired) electrons. The summed E-state index contributed by atoms with van der Waals surface area (Å²) in [5.74, 6) is 1.06. The molecular weight excluding hydrogens is 1400 g/mol. The van der Waals surface area contributed by atoms with Crippen LogP contribution in [-0.4, -0.2) is 96.7 Å². The molecule has 0 aromatic carbocycles. The second kappa shape index (κ2) is 77.6. The first-order valence-corrected chi connectivity index (χ1v) is 48.7. The van der Waals surface area contributed by atoms with E-state index in [1.54, 1.807) is 0 Å². The van der Waals surface area contributed by atoms with Gasteiger partial charge in [-0.15, -0.1) is 0 Å². The van der Waals surface area contributed by atoms with E-state index in [4.69, 9.17) is 37.0 Å². The number of hydrogen-bond donors (Lipinski definition) is 3. The number of carbonyl (C=O) groups is 4. The minimum absolute atomic E-state index is 0.107. The van der Waals surface area contributed by atoms with E-state index in [0.717, 1.165) is 114 Å². The van der Waals surface area contributed by atoms with Gasteiger partial charge in [-0.3, -0.25) is 37.3 Å². The van der Waals surface area contributed by atoms with Crippen LogP contribution in [-0.2, 0) is 65.4 Å². The summed E-state index contributed by atoms with van der Waals surface area (Å²) in [5, 5.41) is 10.7. The summed E-state index contributed by atoms with van der Waals surface area (Å²) < 4.78 is 68.9. The minimum atomic E-state index is -4.97. The molecule has 0 saturated carbocycles. The Morgan fingerprint density at radius 2 is 0.444 bits per heavy atom.